The predicted molar refractivity (Wildman–Crippen MR) is 101 cm³/mol. The Labute approximate surface area is 165 Å². The van der Waals surface area contributed by atoms with E-state index in [1.807, 2.05) is 13.0 Å². The Bertz CT molecular complexity index is 716. The third-order valence-electron chi connectivity index (χ3n) is 4.87. The molecular formula is C21H28O7. The predicted octanol–water partition coefficient (Wildman–Crippen LogP) is 2.24. The van der Waals surface area contributed by atoms with Crippen LogP contribution in [0.2, 0.25) is 0 Å². The van der Waals surface area contributed by atoms with Gasteiger partial charge in [0.25, 0.3) is 0 Å². The van der Waals surface area contributed by atoms with Gasteiger partial charge >= 0.3 is 17.9 Å². The number of hydrogen-bond acceptors (Lipinski definition) is 7. The molecule has 7 heteroatoms. The second kappa shape index (κ2) is 9.19. The van der Waals surface area contributed by atoms with Crippen molar-refractivity contribution < 1.29 is 33.7 Å². The van der Waals surface area contributed by atoms with E-state index in [9.17, 15) is 19.5 Å². The quantitative estimate of drug-likeness (QED) is 0.339. The molecule has 0 radical (unpaired) electrons. The van der Waals surface area contributed by atoms with Gasteiger partial charge in [0.05, 0.1) is 11.8 Å². The summed E-state index contributed by atoms with van der Waals surface area (Å²) < 4.78 is 16.1. The van der Waals surface area contributed by atoms with Gasteiger partial charge in [0.15, 0.2) is 0 Å². The molecule has 154 valence electrons. The second-order valence-corrected chi connectivity index (χ2v) is 7.53. The average Bonchev–Trinajstić information content (AvgIpc) is 2.88. The highest BCUT2D eigenvalue weighted by atomic mass is 16.6. The van der Waals surface area contributed by atoms with Crippen LogP contribution in [0.5, 0.6) is 0 Å². The average molecular weight is 392 g/mol. The van der Waals surface area contributed by atoms with Crippen LogP contribution in [0.25, 0.3) is 0 Å². The van der Waals surface area contributed by atoms with Crippen LogP contribution in [0, 0.1) is 11.8 Å². The summed E-state index contributed by atoms with van der Waals surface area (Å²) in [4.78, 5) is 35.7. The molecule has 0 aromatic rings. The Morgan fingerprint density at radius 1 is 1.39 bits per heavy atom. The normalized spacial score (nSPS) is 31.8. The first kappa shape index (κ1) is 21.9. The number of esters is 3. The van der Waals surface area contributed by atoms with E-state index in [-0.39, 0.29) is 12.2 Å². The molecule has 7 nitrogen and oxygen atoms in total. The molecule has 1 heterocycles. The van der Waals surface area contributed by atoms with E-state index in [0.29, 0.717) is 18.4 Å². The summed E-state index contributed by atoms with van der Waals surface area (Å²) >= 11 is 0. The van der Waals surface area contributed by atoms with E-state index in [2.05, 4.69) is 6.58 Å². The lowest BCUT2D eigenvalue weighted by atomic mass is 9.83. The van der Waals surface area contributed by atoms with Gasteiger partial charge in [0, 0.05) is 12.5 Å². The van der Waals surface area contributed by atoms with E-state index < -0.39 is 48.1 Å². The molecule has 0 aromatic carbocycles. The van der Waals surface area contributed by atoms with Crippen molar-refractivity contribution in [1.82, 2.24) is 0 Å². The zero-order valence-electron chi connectivity index (χ0n) is 16.8. The van der Waals surface area contributed by atoms with Gasteiger partial charge in [0.2, 0.25) is 0 Å². The van der Waals surface area contributed by atoms with Crippen molar-refractivity contribution in [2.45, 2.75) is 58.8 Å². The molecule has 1 aliphatic carbocycles. The minimum atomic E-state index is -1.27. The van der Waals surface area contributed by atoms with Crippen molar-refractivity contribution in [1.29, 1.82) is 0 Å². The van der Waals surface area contributed by atoms with Gasteiger partial charge < -0.3 is 19.3 Å². The maximum atomic E-state index is 12.3. The highest BCUT2D eigenvalue weighted by molar-refractivity contribution is 5.91. The van der Waals surface area contributed by atoms with Crippen LogP contribution in [0.1, 0.15) is 40.5 Å². The van der Waals surface area contributed by atoms with Gasteiger partial charge in [-0.15, -0.1) is 0 Å². The monoisotopic (exact) mass is 392 g/mol. The van der Waals surface area contributed by atoms with E-state index in [0.717, 1.165) is 5.57 Å². The molecule has 0 aromatic heterocycles. The summed E-state index contributed by atoms with van der Waals surface area (Å²) in [6.45, 7) is 10.2. The Hall–Kier alpha value is -2.41. The molecular weight excluding hydrogens is 364 g/mol. The summed E-state index contributed by atoms with van der Waals surface area (Å²) in [6, 6.07) is 0. The molecule has 1 aliphatic heterocycles. The molecule has 0 saturated carbocycles. The molecule has 2 rings (SSSR count). The van der Waals surface area contributed by atoms with Crippen molar-refractivity contribution in [3.05, 3.63) is 35.5 Å². The van der Waals surface area contributed by atoms with E-state index in [1.165, 1.54) is 6.92 Å². The Kier molecular flexibility index (Phi) is 7.18. The fourth-order valence-corrected chi connectivity index (χ4v) is 3.24. The third kappa shape index (κ3) is 5.10. The zero-order chi connectivity index (χ0) is 21.0. The summed E-state index contributed by atoms with van der Waals surface area (Å²) in [5, 5.41) is 11.0. The lowest BCUT2D eigenvalue weighted by Gasteiger charge is -2.32. The number of ether oxygens (including phenoxy) is 3. The smallest absolute Gasteiger partial charge is 0.334 e. The minimum absolute atomic E-state index is 0.131. The Balaban J connectivity index is 2.47. The highest BCUT2D eigenvalue weighted by Gasteiger charge is 2.48. The summed E-state index contributed by atoms with van der Waals surface area (Å²) in [7, 11) is 0. The molecule has 1 N–H and O–H groups in total. The van der Waals surface area contributed by atoms with Crippen LogP contribution >= 0.6 is 0 Å². The number of hydrogen-bond donors (Lipinski definition) is 1. The first-order valence-corrected chi connectivity index (χ1v) is 9.39. The molecule has 28 heavy (non-hydrogen) atoms. The lowest BCUT2D eigenvalue weighted by Crippen LogP contribution is -2.44. The van der Waals surface area contributed by atoms with Gasteiger partial charge in [-0.3, -0.25) is 9.59 Å². The molecule has 1 saturated heterocycles. The van der Waals surface area contributed by atoms with Crippen LogP contribution in [0.15, 0.2) is 35.5 Å². The van der Waals surface area contributed by atoms with E-state index >= 15 is 0 Å². The van der Waals surface area contributed by atoms with Crippen molar-refractivity contribution in [2.75, 3.05) is 6.61 Å². The van der Waals surface area contributed by atoms with Crippen LogP contribution in [0.3, 0.4) is 0 Å². The van der Waals surface area contributed by atoms with Gasteiger partial charge in [0.1, 0.15) is 24.9 Å². The maximum Gasteiger partial charge on any atom is 0.334 e. The molecule has 0 spiro atoms. The lowest BCUT2D eigenvalue weighted by molar-refractivity contribution is -0.162. The fraction of sp³-hybridized carbons (Fsp3) is 0.571. The standard InChI is InChI=1S/C21H28O7/c1-11(2)20(24)28-19-17-13(4)21(25)27-16(17)9-12(3)7-6-8-15(18(19)23)10-26-14(5)22/h8-9,11,16-19,23H,4,6-7,10H2,1-3,5H3/b12-9+,15-8-/t16-,17+,18-,19+/m1/s1. The maximum absolute atomic E-state index is 12.3. The highest BCUT2D eigenvalue weighted by Crippen LogP contribution is 2.36. The number of aliphatic hydroxyl groups excluding tert-OH is 1. The number of aliphatic hydroxyl groups is 1. The zero-order valence-corrected chi connectivity index (χ0v) is 16.8. The first-order chi connectivity index (χ1) is 13.1. The number of fused-ring (bicyclic) bond motifs is 1. The van der Waals surface area contributed by atoms with Crippen molar-refractivity contribution in [3.63, 3.8) is 0 Å². The Morgan fingerprint density at radius 2 is 2.07 bits per heavy atom. The Morgan fingerprint density at radius 3 is 2.68 bits per heavy atom. The van der Waals surface area contributed by atoms with Crippen LogP contribution < -0.4 is 0 Å². The topological polar surface area (TPSA) is 99.1 Å². The van der Waals surface area contributed by atoms with Gasteiger partial charge in [-0.25, -0.2) is 4.79 Å². The third-order valence-corrected chi connectivity index (χ3v) is 4.87. The van der Waals surface area contributed by atoms with Crippen molar-refractivity contribution in [3.8, 4) is 0 Å². The number of allylic oxidation sites excluding steroid dienone is 2. The van der Waals surface area contributed by atoms with Crippen LogP contribution in [-0.2, 0) is 28.6 Å². The fourth-order valence-electron chi connectivity index (χ4n) is 3.24. The van der Waals surface area contributed by atoms with Crippen LogP contribution in [-0.4, -0.2) is 47.9 Å². The number of carbonyl (C=O) groups excluding carboxylic acids is 3. The summed E-state index contributed by atoms with van der Waals surface area (Å²) in [5.41, 5.74) is 1.55. The number of rotatable bonds is 4. The largest absolute Gasteiger partial charge is 0.461 e. The second-order valence-electron chi connectivity index (χ2n) is 7.53. The number of carbonyl (C=O) groups is 3. The molecule has 1 fully saturated rings. The van der Waals surface area contributed by atoms with Gasteiger partial charge in [-0.1, -0.05) is 32.1 Å². The van der Waals surface area contributed by atoms with Crippen molar-refractivity contribution in [2.24, 2.45) is 11.8 Å². The summed E-state index contributed by atoms with van der Waals surface area (Å²) in [5.74, 6) is -2.75. The van der Waals surface area contributed by atoms with Gasteiger partial charge in [-0.2, -0.15) is 0 Å². The van der Waals surface area contributed by atoms with Gasteiger partial charge in [-0.05, 0) is 31.4 Å². The summed E-state index contributed by atoms with van der Waals surface area (Å²) in [6.07, 6.45) is 1.81. The SMILES string of the molecule is C=C1C(=O)O[C@@H]2/C=C(\C)CC/C=C(/COC(C)=O)[C@@H](O)[C@@H](OC(=O)C(C)C)[C@@H]12. The molecule has 2 aliphatic rings. The van der Waals surface area contributed by atoms with Crippen LogP contribution in [0.4, 0.5) is 0 Å². The molecule has 0 amide bonds. The molecule has 0 unspecified atom stereocenters. The molecule has 0 bridgehead atoms. The van der Waals surface area contributed by atoms with E-state index in [4.69, 9.17) is 14.2 Å². The molecule has 4 atom stereocenters. The first-order valence-electron chi connectivity index (χ1n) is 9.39. The van der Waals surface area contributed by atoms with Crippen molar-refractivity contribution >= 4 is 17.9 Å². The minimum Gasteiger partial charge on any atom is -0.461 e. The van der Waals surface area contributed by atoms with E-state index in [1.54, 1.807) is 19.9 Å².